The molecule has 0 atom stereocenters. The van der Waals surface area contributed by atoms with E-state index >= 15 is 0 Å². The van der Waals surface area contributed by atoms with E-state index in [9.17, 15) is 9.59 Å². The summed E-state index contributed by atoms with van der Waals surface area (Å²) in [6.07, 6.45) is 1.38. The molecular formula is C30H35N3O4. The van der Waals surface area contributed by atoms with Gasteiger partial charge >= 0.3 is 12.2 Å². The van der Waals surface area contributed by atoms with E-state index in [-0.39, 0.29) is 18.6 Å². The Labute approximate surface area is 218 Å². The first-order valence-corrected chi connectivity index (χ1v) is 12.9. The Bertz CT molecular complexity index is 1120. The average Bonchev–Trinajstić information content (AvgIpc) is 3.26. The quantitative estimate of drug-likeness (QED) is 0.329. The van der Waals surface area contributed by atoms with E-state index in [1.165, 1.54) is 22.3 Å². The van der Waals surface area contributed by atoms with Crippen molar-refractivity contribution < 1.29 is 19.1 Å². The zero-order chi connectivity index (χ0) is 25.9. The summed E-state index contributed by atoms with van der Waals surface area (Å²) in [7, 11) is 0. The number of hydrogen-bond acceptors (Lipinski definition) is 5. The molecule has 0 saturated carbocycles. The van der Waals surface area contributed by atoms with Crippen molar-refractivity contribution >= 4 is 12.2 Å². The van der Waals surface area contributed by atoms with E-state index in [2.05, 4.69) is 29.6 Å². The molecule has 2 amide bonds. The second-order valence-corrected chi connectivity index (χ2v) is 9.13. The number of carbonyl (C=O) groups is 2. The number of unbranched alkanes of at least 4 members (excludes halogenated alkanes) is 1. The lowest BCUT2D eigenvalue weighted by Crippen LogP contribution is -2.35. The third kappa shape index (κ3) is 7.11. The molecule has 1 aliphatic rings. The summed E-state index contributed by atoms with van der Waals surface area (Å²) in [4.78, 5) is 26.6. The Kier molecular flexibility index (Phi) is 9.54. The normalized spacial score (nSPS) is 11.9. The number of benzene rings is 3. The summed E-state index contributed by atoms with van der Waals surface area (Å²) in [5.74, 6) is 0.0267. The van der Waals surface area contributed by atoms with Crippen LogP contribution in [0.4, 0.5) is 9.59 Å². The number of hydrogen-bond donors (Lipinski definition) is 2. The smallest absolute Gasteiger partial charge is 0.409 e. The van der Waals surface area contributed by atoms with Crippen LogP contribution in [0.1, 0.15) is 41.9 Å². The maximum Gasteiger partial charge on any atom is 0.409 e. The molecule has 194 valence electrons. The highest BCUT2D eigenvalue weighted by Gasteiger charge is 2.29. The molecule has 1 aliphatic carbocycles. The fourth-order valence-corrected chi connectivity index (χ4v) is 4.65. The summed E-state index contributed by atoms with van der Waals surface area (Å²) < 4.78 is 11.1. The molecule has 0 unspecified atom stereocenters. The van der Waals surface area contributed by atoms with E-state index in [0.29, 0.717) is 39.2 Å². The van der Waals surface area contributed by atoms with Gasteiger partial charge in [-0.05, 0) is 53.6 Å². The largest absolute Gasteiger partial charge is 0.448 e. The minimum Gasteiger partial charge on any atom is -0.448 e. The standard InChI is InChI=1S/C30H35N3O4/c31-17-10-20-33(19-9-8-18-32-29(34)36-21-23-11-2-1-3-12-23)30(35)37-22-28-26-15-6-4-13-24(26)25-14-5-7-16-27(25)28/h1-7,11-16,28H,8-10,17-22,31H2,(H,32,34). The molecule has 0 fully saturated rings. The Morgan fingerprint density at radius 2 is 1.41 bits per heavy atom. The van der Waals surface area contributed by atoms with E-state index in [1.54, 1.807) is 4.90 Å². The minimum absolute atomic E-state index is 0.0267. The van der Waals surface area contributed by atoms with Gasteiger partial charge in [0.2, 0.25) is 0 Å². The van der Waals surface area contributed by atoms with Crippen LogP contribution in [-0.2, 0) is 16.1 Å². The second kappa shape index (κ2) is 13.5. The van der Waals surface area contributed by atoms with Gasteiger partial charge in [0, 0.05) is 25.6 Å². The van der Waals surface area contributed by atoms with Crippen molar-refractivity contribution in [1.29, 1.82) is 0 Å². The number of nitrogens with one attached hydrogen (secondary N) is 1. The lowest BCUT2D eigenvalue weighted by atomic mass is 9.98. The van der Waals surface area contributed by atoms with Crippen LogP contribution >= 0.6 is 0 Å². The van der Waals surface area contributed by atoms with E-state index in [4.69, 9.17) is 15.2 Å². The van der Waals surface area contributed by atoms with Crippen molar-refractivity contribution in [2.75, 3.05) is 32.8 Å². The Balaban J connectivity index is 1.22. The lowest BCUT2D eigenvalue weighted by Gasteiger charge is -2.23. The molecule has 3 aromatic carbocycles. The van der Waals surface area contributed by atoms with Crippen LogP contribution in [0.5, 0.6) is 0 Å². The van der Waals surface area contributed by atoms with Crippen LogP contribution in [0.25, 0.3) is 11.1 Å². The number of amides is 2. The molecule has 7 nitrogen and oxygen atoms in total. The number of alkyl carbamates (subject to hydrolysis) is 1. The highest BCUT2D eigenvalue weighted by molar-refractivity contribution is 5.79. The summed E-state index contributed by atoms with van der Waals surface area (Å²) in [6, 6.07) is 26.1. The van der Waals surface area contributed by atoms with Gasteiger partial charge in [-0.3, -0.25) is 0 Å². The van der Waals surface area contributed by atoms with E-state index in [0.717, 1.165) is 18.4 Å². The number of nitrogens with zero attached hydrogens (tertiary/aromatic N) is 1. The van der Waals surface area contributed by atoms with Crippen LogP contribution in [0, 0.1) is 0 Å². The van der Waals surface area contributed by atoms with Crippen molar-refractivity contribution in [3.8, 4) is 11.1 Å². The van der Waals surface area contributed by atoms with Gasteiger partial charge in [-0.25, -0.2) is 9.59 Å². The van der Waals surface area contributed by atoms with Crippen molar-refractivity contribution in [2.24, 2.45) is 5.73 Å². The summed E-state index contributed by atoms with van der Waals surface area (Å²) >= 11 is 0. The highest BCUT2D eigenvalue weighted by Crippen LogP contribution is 2.44. The fourth-order valence-electron chi connectivity index (χ4n) is 4.65. The number of ether oxygens (including phenoxy) is 2. The van der Waals surface area contributed by atoms with Crippen molar-refractivity contribution in [2.45, 2.75) is 31.8 Å². The summed E-state index contributed by atoms with van der Waals surface area (Å²) in [5, 5.41) is 2.76. The molecule has 0 bridgehead atoms. The van der Waals surface area contributed by atoms with Crippen molar-refractivity contribution in [3.05, 3.63) is 95.6 Å². The van der Waals surface area contributed by atoms with Crippen molar-refractivity contribution in [3.63, 3.8) is 0 Å². The van der Waals surface area contributed by atoms with Crippen LogP contribution in [0.15, 0.2) is 78.9 Å². The van der Waals surface area contributed by atoms with Crippen LogP contribution in [0.2, 0.25) is 0 Å². The third-order valence-corrected chi connectivity index (χ3v) is 6.56. The molecule has 0 aromatic heterocycles. The minimum atomic E-state index is -0.444. The Morgan fingerprint density at radius 3 is 2.08 bits per heavy atom. The number of carbonyl (C=O) groups excluding carboxylic acids is 2. The number of nitrogens with two attached hydrogens (primary N) is 1. The first kappa shape index (κ1) is 26.2. The van der Waals surface area contributed by atoms with Gasteiger partial charge in [0.25, 0.3) is 0 Å². The Hall–Kier alpha value is -3.84. The molecular weight excluding hydrogens is 466 g/mol. The first-order chi connectivity index (χ1) is 18.2. The van der Waals surface area contributed by atoms with Gasteiger partial charge in [0.05, 0.1) is 0 Å². The predicted molar refractivity (Wildman–Crippen MR) is 144 cm³/mol. The van der Waals surface area contributed by atoms with Gasteiger partial charge in [-0.2, -0.15) is 0 Å². The zero-order valence-electron chi connectivity index (χ0n) is 21.1. The molecule has 3 N–H and O–H groups in total. The molecule has 0 aliphatic heterocycles. The first-order valence-electron chi connectivity index (χ1n) is 12.9. The highest BCUT2D eigenvalue weighted by atomic mass is 16.6. The molecule has 0 saturated heterocycles. The average molecular weight is 502 g/mol. The van der Waals surface area contributed by atoms with Crippen molar-refractivity contribution in [1.82, 2.24) is 10.2 Å². The number of rotatable bonds is 12. The van der Waals surface area contributed by atoms with Crippen LogP contribution < -0.4 is 11.1 Å². The fraction of sp³-hybridized carbons (Fsp3) is 0.333. The monoisotopic (exact) mass is 501 g/mol. The SMILES string of the molecule is NCCCN(CCCCNC(=O)OCc1ccccc1)C(=O)OCC1c2ccccc2-c2ccccc21. The second-order valence-electron chi connectivity index (χ2n) is 9.13. The zero-order valence-corrected chi connectivity index (χ0v) is 21.1. The van der Waals surface area contributed by atoms with Gasteiger partial charge in [0.15, 0.2) is 0 Å². The Morgan fingerprint density at radius 1 is 0.784 bits per heavy atom. The van der Waals surface area contributed by atoms with Gasteiger partial charge in [-0.15, -0.1) is 0 Å². The van der Waals surface area contributed by atoms with Gasteiger partial charge in [0.1, 0.15) is 13.2 Å². The van der Waals surface area contributed by atoms with Gasteiger partial charge in [-0.1, -0.05) is 78.9 Å². The molecule has 0 radical (unpaired) electrons. The maximum atomic E-state index is 13.0. The predicted octanol–water partition coefficient (Wildman–Crippen LogP) is 5.29. The van der Waals surface area contributed by atoms with E-state index in [1.807, 2.05) is 54.6 Å². The molecule has 3 aromatic rings. The molecule has 37 heavy (non-hydrogen) atoms. The number of fused-ring (bicyclic) bond motifs is 3. The van der Waals surface area contributed by atoms with E-state index < -0.39 is 6.09 Å². The molecule has 0 heterocycles. The summed E-state index contributed by atoms with van der Waals surface area (Å²) in [5.41, 5.74) is 11.4. The van der Waals surface area contributed by atoms with Crippen LogP contribution in [0.3, 0.4) is 0 Å². The maximum absolute atomic E-state index is 13.0. The van der Waals surface area contributed by atoms with Crippen LogP contribution in [-0.4, -0.2) is 49.9 Å². The van der Waals surface area contributed by atoms with Gasteiger partial charge < -0.3 is 25.4 Å². The molecule has 7 heteroatoms. The molecule has 4 rings (SSSR count). The lowest BCUT2D eigenvalue weighted by molar-refractivity contribution is 0.0986. The summed E-state index contributed by atoms with van der Waals surface area (Å²) in [6.45, 7) is 2.59. The topological polar surface area (TPSA) is 93.9 Å². The molecule has 0 spiro atoms. The third-order valence-electron chi connectivity index (χ3n) is 6.56.